The third kappa shape index (κ3) is 3.03. The molecule has 0 amide bonds. The highest BCUT2D eigenvalue weighted by atomic mass is 19.4. The highest BCUT2D eigenvalue weighted by Gasteiger charge is 2.29. The first-order valence-corrected chi connectivity index (χ1v) is 4.98. The Morgan fingerprint density at radius 1 is 0.941 bits per heavy atom. The van der Waals surface area contributed by atoms with E-state index in [0.29, 0.717) is 12.2 Å². The second-order valence-corrected chi connectivity index (χ2v) is 3.54. The molecule has 0 fully saturated rings. The van der Waals surface area contributed by atoms with E-state index >= 15 is 0 Å². The predicted octanol–water partition coefficient (Wildman–Crippen LogP) is 3.09. The van der Waals surface area contributed by atoms with Crippen molar-refractivity contribution in [2.24, 2.45) is 0 Å². The summed E-state index contributed by atoms with van der Waals surface area (Å²) in [6, 6.07) is 6.71. The van der Waals surface area contributed by atoms with Crippen LogP contribution in [0, 0.1) is 0 Å². The van der Waals surface area contributed by atoms with E-state index in [2.05, 4.69) is 9.97 Å². The van der Waals surface area contributed by atoms with Gasteiger partial charge in [-0.1, -0.05) is 12.1 Å². The number of hydrogen-bond acceptors (Lipinski definition) is 2. The summed E-state index contributed by atoms with van der Waals surface area (Å²) in [6.07, 6.45) is -0.653. The average molecular weight is 238 g/mol. The molecule has 1 aromatic heterocycles. The Morgan fingerprint density at radius 3 is 2.06 bits per heavy atom. The quantitative estimate of drug-likeness (QED) is 0.803. The zero-order chi connectivity index (χ0) is 12.3. The maximum atomic E-state index is 12.3. The lowest BCUT2D eigenvalue weighted by Gasteiger charge is -2.07. The van der Waals surface area contributed by atoms with Crippen LogP contribution in [-0.2, 0) is 12.6 Å². The third-order valence-electron chi connectivity index (χ3n) is 2.26. The van der Waals surface area contributed by atoms with Gasteiger partial charge in [0.15, 0.2) is 0 Å². The molecular formula is C12H9F3N2. The summed E-state index contributed by atoms with van der Waals surface area (Å²) in [5.74, 6) is 0.590. The molecule has 0 spiro atoms. The van der Waals surface area contributed by atoms with E-state index in [9.17, 15) is 13.2 Å². The molecule has 0 saturated carbocycles. The van der Waals surface area contributed by atoms with Gasteiger partial charge in [0.05, 0.1) is 5.56 Å². The van der Waals surface area contributed by atoms with Gasteiger partial charge in [-0.3, -0.25) is 0 Å². The molecule has 88 valence electrons. The van der Waals surface area contributed by atoms with Gasteiger partial charge in [0.25, 0.3) is 0 Å². The molecule has 0 bridgehead atoms. The van der Waals surface area contributed by atoms with Gasteiger partial charge in [0.2, 0.25) is 0 Å². The second-order valence-electron chi connectivity index (χ2n) is 3.54. The summed E-state index contributed by atoms with van der Waals surface area (Å²) in [5, 5.41) is 0. The topological polar surface area (TPSA) is 25.8 Å². The Hall–Kier alpha value is -1.91. The van der Waals surface area contributed by atoms with Gasteiger partial charge in [-0.25, -0.2) is 9.97 Å². The molecule has 0 unspecified atom stereocenters. The van der Waals surface area contributed by atoms with Crippen LogP contribution in [0.1, 0.15) is 17.0 Å². The number of rotatable bonds is 2. The van der Waals surface area contributed by atoms with Crippen molar-refractivity contribution in [2.75, 3.05) is 0 Å². The first kappa shape index (κ1) is 11.6. The molecule has 0 aliphatic rings. The summed E-state index contributed by atoms with van der Waals surface area (Å²) >= 11 is 0. The first-order valence-electron chi connectivity index (χ1n) is 4.98. The van der Waals surface area contributed by atoms with Crippen LogP contribution in [0.4, 0.5) is 13.2 Å². The number of nitrogens with zero attached hydrogens (tertiary/aromatic N) is 2. The summed E-state index contributed by atoms with van der Waals surface area (Å²) in [7, 11) is 0. The number of aromatic nitrogens is 2. The van der Waals surface area contributed by atoms with Gasteiger partial charge < -0.3 is 0 Å². The van der Waals surface area contributed by atoms with Crippen LogP contribution in [0.5, 0.6) is 0 Å². The number of alkyl halides is 3. The van der Waals surface area contributed by atoms with E-state index < -0.39 is 11.7 Å². The van der Waals surface area contributed by atoms with Crippen molar-refractivity contribution < 1.29 is 13.2 Å². The molecule has 5 heteroatoms. The summed E-state index contributed by atoms with van der Waals surface area (Å²) < 4.78 is 37.0. The van der Waals surface area contributed by atoms with Crippen LogP contribution >= 0.6 is 0 Å². The Morgan fingerprint density at radius 2 is 1.53 bits per heavy atom. The van der Waals surface area contributed by atoms with Gasteiger partial charge in [0.1, 0.15) is 5.82 Å². The molecule has 1 heterocycles. The van der Waals surface area contributed by atoms with Crippen LogP contribution < -0.4 is 0 Å². The Bertz CT molecular complexity index is 477. The minimum atomic E-state index is -4.29. The molecule has 0 radical (unpaired) electrons. The van der Waals surface area contributed by atoms with Crippen molar-refractivity contribution in [1.29, 1.82) is 0 Å². The standard InChI is InChI=1S/C12H9F3N2/c13-12(14,15)10-4-2-9(3-5-10)8-11-16-6-1-7-17-11/h1-7H,8H2. The Balaban J connectivity index is 2.14. The van der Waals surface area contributed by atoms with Crippen LogP contribution in [0.15, 0.2) is 42.7 Å². The van der Waals surface area contributed by atoms with Crippen molar-refractivity contribution in [3.63, 3.8) is 0 Å². The molecule has 0 aliphatic carbocycles. The van der Waals surface area contributed by atoms with Crippen LogP contribution in [0.2, 0.25) is 0 Å². The molecule has 0 N–H and O–H groups in total. The summed E-state index contributed by atoms with van der Waals surface area (Å²) in [5.41, 5.74) is 0.111. The Kier molecular flexibility index (Phi) is 3.08. The SMILES string of the molecule is FC(F)(F)c1ccc(Cc2ncccn2)cc1. The molecule has 0 aliphatic heterocycles. The van der Waals surface area contributed by atoms with Crippen molar-refractivity contribution >= 4 is 0 Å². The van der Waals surface area contributed by atoms with Gasteiger partial charge in [-0.05, 0) is 23.8 Å². The van der Waals surface area contributed by atoms with Crippen molar-refractivity contribution in [3.8, 4) is 0 Å². The van der Waals surface area contributed by atoms with Gasteiger partial charge >= 0.3 is 6.18 Å². The number of hydrogen-bond donors (Lipinski definition) is 0. The van der Waals surface area contributed by atoms with E-state index in [1.807, 2.05) is 0 Å². The second kappa shape index (κ2) is 4.53. The van der Waals surface area contributed by atoms with Gasteiger partial charge in [0, 0.05) is 18.8 Å². The molecule has 2 nitrogen and oxygen atoms in total. The van der Waals surface area contributed by atoms with Crippen LogP contribution in [0.25, 0.3) is 0 Å². The van der Waals surface area contributed by atoms with Gasteiger partial charge in [-0.2, -0.15) is 13.2 Å². The third-order valence-corrected chi connectivity index (χ3v) is 2.26. The molecule has 0 saturated heterocycles. The number of halogens is 3. The lowest BCUT2D eigenvalue weighted by atomic mass is 10.1. The van der Waals surface area contributed by atoms with E-state index in [1.54, 1.807) is 18.5 Å². The van der Waals surface area contributed by atoms with Crippen molar-refractivity contribution in [1.82, 2.24) is 9.97 Å². The molecule has 17 heavy (non-hydrogen) atoms. The summed E-state index contributed by atoms with van der Waals surface area (Å²) in [6.45, 7) is 0. The zero-order valence-electron chi connectivity index (χ0n) is 8.78. The predicted molar refractivity (Wildman–Crippen MR) is 56.3 cm³/mol. The smallest absolute Gasteiger partial charge is 0.241 e. The van der Waals surface area contributed by atoms with E-state index in [0.717, 1.165) is 17.7 Å². The lowest BCUT2D eigenvalue weighted by Crippen LogP contribution is -2.04. The minimum absolute atomic E-state index is 0.430. The Labute approximate surface area is 96.2 Å². The fourth-order valence-electron chi connectivity index (χ4n) is 1.42. The highest BCUT2D eigenvalue weighted by molar-refractivity contribution is 5.26. The first-order chi connectivity index (χ1) is 8.05. The molecular weight excluding hydrogens is 229 g/mol. The molecule has 2 aromatic rings. The fourth-order valence-corrected chi connectivity index (χ4v) is 1.42. The van der Waals surface area contributed by atoms with E-state index in [1.165, 1.54) is 12.1 Å². The highest BCUT2D eigenvalue weighted by Crippen LogP contribution is 2.29. The maximum absolute atomic E-state index is 12.3. The average Bonchev–Trinajstić information content (AvgIpc) is 2.30. The minimum Gasteiger partial charge on any atom is -0.241 e. The van der Waals surface area contributed by atoms with E-state index in [-0.39, 0.29) is 0 Å². The van der Waals surface area contributed by atoms with Crippen LogP contribution in [-0.4, -0.2) is 9.97 Å². The largest absolute Gasteiger partial charge is 0.416 e. The van der Waals surface area contributed by atoms with E-state index in [4.69, 9.17) is 0 Å². The normalized spacial score (nSPS) is 11.5. The molecule has 2 rings (SSSR count). The molecule has 1 aromatic carbocycles. The van der Waals surface area contributed by atoms with Gasteiger partial charge in [-0.15, -0.1) is 0 Å². The monoisotopic (exact) mass is 238 g/mol. The zero-order valence-corrected chi connectivity index (χ0v) is 8.78. The molecule has 0 atom stereocenters. The van der Waals surface area contributed by atoms with Crippen molar-refractivity contribution in [2.45, 2.75) is 12.6 Å². The van der Waals surface area contributed by atoms with Crippen molar-refractivity contribution in [3.05, 3.63) is 59.7 Å². The fraction of sp³-hybridized carbons (Fsp3) is 0.167. The summed E-state index contributed by atoms with van der Waals surface area (Å²) in [4.78, 5) is 8.02. The lowest BCUT2D eigenvalue weighted by molar-refractivity contribution is -0.137. The maximum Gasteiger partial charge on any atom is 0.416 e. The van der Waals surface area contributed by atoms with Crippen LogP contribution in [0.3, 0.4) is 0 Å². The number of benzene rings is 1.